The van der Waals surface area contributed by atoms with Gasteiger partial charge in [0.25, 0.3) is 0 Å². The van der Waals surface area contributed by atoms with Crippen molar-refractivity contribution in [1.82, 2.24) is 24.7 Å². The minimum atomic E-state index is -0.398. The second-order valence-electron chi connectivity index (χ2n) is 4.26. The molecule has 0 amide bonds. The highest BCUT2D eigenvalue weighted by Gasteiger charge is 2.12. The van der Waals surface area contributed by atoms with Crippen LogP contribution in [0.4, 0.5) is 4.39 Å². The van der Waals surface area contributed by atoms with Crippen molar-refractivity contribution < 1.29 is 4.39 Å². The van der Waals surface area contributed by atoms with Crippen molar-refractivity contribution in [3.8, 4) is 0 Å². The number of fused-ring (bicyclic) bond motifs is 1. The van der Waals surface area contributed by atoms with Crippen molar-refractivity contribution in [1.29, 1.82) is 0 Å². The van der Waals surface area contributed by atoms with E-state index in [1.807, 2.05) is 0 Å². The van der Waals surface area contributed by atoms with Gasteiger partial charge in [-0.15, -0.1) is 0 Å². The lowest BCUT2D eigenvalue weighted by molar-refractivity contribution is 0.622. The second-order valence-corrected chi connectivity index (χ2v) is 4.26. The van der Waals surface area contributed by atoms with Gasteiger partial charge in [0.05, 0.1) is 25.0 Å². The number of pyridine rings is 1. The summed E-state index contributed by atoms with van der Waals surface area (Å²) in [6.45, 7) is 4.23. The number of aromatic nitrogens is 5. The maximum absolute atomic E-state index is 13.3. The van der Waals surface area contributed by atoms with Crippen molar-refractivity contribution in [2.45, 2.75) is 13.1 Å². The molecular weight excluding hydrogens is 259 g/mol. The van der Waals surface area contributed by atoms with Crippen LogP contribution in [-0.2, 0) is 13.1 Å². The van der Waals surface area contributed by atoms with E-state index in [-0.39, 0.29) is 0 Å². The lowest BCUT2D eigenvalue weighted by Crippen LogP contribution is -2.04. The first-order chi connectivity index (χ1) is 9.78. The minimum absolute atomic E-state index is 0.319. The Kier molecular flexibility index (Phi) is 3.16. The van der Waals surface area contributed by atoms with Crippen LogP contribution in [0.2, 0.25) is 0 Å². The van der Waals surface area contributed by atoms with Crippen LogP contribution >= 0.6 is 0 Å². The SMILES string of the molecule is C=NCc1nn(Cc2cncnc2)c2ncc(F)cc12. The smallest absolute Gasteiger partial charge is 0.158 e. The zero-order chi connectivity index (χ0) is 13.9. The zero-order valence-electron chi connectivity index (χ0n) is 10.6. The monoisotopic (exact) mass is 270 g/mol. The van der Waals surface area contributed by atoms with Gasteiger partial charge in [-0.05, 0) is 12.8 Å². The van der Waals surface area contributed by atoms with Gasteiger partial charge in [-0.2, -0.15) is 5.10 Å². The summed E-state index contributed by atoms with van der Waals surface area (Å²) in [5.41, 5.74) is 2.15. The summed E-state index contributed by atoms with van der Waals surface area (Å²) < 4.78 is 15.0. The summed E-state index contributed by atoms with van der Waals surface area (Å²) >= 11 is 0. The highest BCUT2D eigenvalue weighted by molar-refractivity contribution is 5.78. The van der Waals surface area contributed by atoms with Gasteiger partial charge in [0.2, 0.25) is 0 Å². The second kappa shape index (κ2) is 5.12. The van der Waals surface area contributed by atoms with Gasteiger partial charge in [0.15, 0.2) is 5.65 Å². The molecule has 0 unspecified atom stereocenters. The summed E-state index contributed by atoms with van der Waals surface area (Å²) in [4.78, 5) is 15.8. The van der Waals surface area contributed by atoms with E-state index in [1.54, 1.807) is 17.1 Å². The standard InChI is InChI=1S/C13H11FN6/c1-15-6-12-11-2-10(14)5-18-13(11)20(19-12)7-9-3-16-8-17-4-9/h2-5,8H,1,6-7H2. The highest BCUT2D eigenvalue weighted by atomic mass is 19.1. The molecule has 0 atom stereocenters. The molecule has 0 aromatic carbocycles. The summed E-state index contributed by atoms with van der Waals surface area (Å²) in [5, 5.41) is 5.06. The Balaban J connectivity index is 2.09. The Morgan fingerprint density at radius 3 is 2.80 bits per heavy atom. The first kappa shape index (κ1) is 12.3. The van der Waals surface area contributed by atoms with Crippen LogP contribution in [0.25, 0.3) is 11.0 Å². The van der Waals surface area contributed by atoms with Crippen LogP contribution in [0.15, 0.2) is 36.0 Å². The van der Waals surface area contributed by atoms with E-state index in [0.29, 0.717) is 29.8 Å². The molecule has 6 nitrogen and oxygen atoms in total. The number of hydrogen-bond donors (Lipinski definition) is 0. The molecule has 100 valence electrons. The molecule has 0 spiro atoms. The van der Waals surface area contributed by atoms with Crippen molar-refractivity contribution in [3.05, 3.63) is 48.1 Å². The molecule has 3 aromatic heterocycles. The number of halogens is 1. The molecule has 3 aromatic rings. The van der Waals surface area contributed by atoms with Gasteiger partial charge in [-0.25, -0.2) is 24.0 Å². The Hall–Kier alpha value is -2.70. The predicted octanol–water partition coefficient (Wildman–Crippen LogP) is 1.61. The molecule has 0 saturated heterocycles. The third-order valence-electron chi connectivity index (χ3n) is 2.84. The van der Waals surface area contributed by atoms with Gasteiger partial charge in [0.1, 0.15) is 12.1 Å². The third kappa shape index (κ3) is 2.25. The molecule has 0 radical (unpaired) electrons. The van der Waals surface area contributed by atoms with Gasteiger partial charge in [0, 0.05) is 23.3 Å². The van der Waals surface area contributed by atoms with Crippen molar-refractivity contribution in [2.24, 2.45) is 4.99 Å². The van der Waals surface area contributed by atoms with Crippen molar-refractivity contribution in [2.75, 3.05) is 0 Å². The number of aliphatic imine (C=N–C) groups is 1. The molecule has 20 heavy (non-hydrogen) atoms. The predicted molar refractivity (Wildman–Crippen MR) is 71.9 cm³/mol. The quantitative estimate of drug-likeness (QED) is 0.675. The Labute approximate surface area is 114 Å². The molecule has 0 fully saturated rings. The Bertz CT molecular complexity index is 752. The number of hydrogen-bond acceptors (Lipinski definition) is 5. The van der Waals surface area contributed by atoms with E-state index in [2.05, 4.69) is 31.8 Å². The van der Waals surface area contributed by atoms with E-state index >= 15 is 0 Å². The van der Waals surface area contributed by atoms with Crippen molar-refractivity contribution >= 4 is 17.8 Å². The molecule has 3 rings (SSSR count). The molecule has 7 heteroatoms. The maximum Gasteiger partial charge on any atom is 0.158 e. The van der Waals surface area contributed by atoms with Crippen molar-refractivity contribution in [3.63, 3.8) is 0 Å². The van der Waals surface area contributed by atoms with Gasteiger partial charge in [-0.3, -0.25) is 4.99 Å². The molecule has 0 aliphatic rings. The lowest BCUT2D eigenvalue weighted by atomic mass is 10.2. The molecule has 3 heterocycles. The molecule has 0 bridgehead atoms. The van der Waals surface area contributed by atoms with Gasteiger partial charge >= 0.3 is 0 Å². The third-order valence-corrected chi connectivity index (χ3v) is 2.84. The van der Waals surface area contributed by atoms with E-state index in [1.165, 1.54) is 18.6 Å². The highest BCUT2D eigenvalue weighted by Crippen LogP contribution is 2.19. The Morgan fingerprint density at radius 1 is 1.25 bits per heavy atom. The summed E-state index contributed by atoms with van der Waals surface area (Å²) in [5.74, 6) is -0.398. The summed E-state index contributed by atoms with van der Waals surface area (Å²) in [7, 11) is 0. The van der Waals surface area contributed by atoms with Crippen LogP contribution in [0.1, 0.15) is 11.3 Å². The van der Waals surface area contributed by atoms with Crippen LogP contribution < -0.4 is 0 Å². The summed E-state index contributed by atoms with van der Waals surface area (Å²) in [6, 6.07) is 1.41. The van der Waals surface area contributed by atoms with E-state index < -0.39 is 5.82 Å². The molecule has 0 N–H and O–H groups in total. The molecular formula is C13H11FN6. The zero-order valence-corrected chi connectivity index (χ0v) is 10.6. The number of rotatable bonds is 4. The molecule has 0 aliphatic carbocycles. The molecule has 0 saturated carbocycles. The molecule has 0 aliphatic heterocycles. The minimum Gasteiger partial charge on any atom is -0.294 e. The topological polar surface area (TPSA) is 68.8 Å². The Morgan fingerprint density at radius 2 is 2.05 bits per heavy atom. The first-order valence-corrected chi connectivity index (χ1v) is 5.95. The largest absolute Gasteiger partial charge is 0.294 e. The fourth-order valence-electron chi connectivity index (χ4n) is 2.01. The van der Waals surface area contributed by atoms with Gasteiger partial charge in [-0.1, -0.05) is 0 Å². The average Bonchev–Trinajstić information content (AvgIpc) is 2.78. The van der Waals surface area contributed by atoms with Crippen LogP contribution in [0, 0.1) is 5.82 Å². The van der Waals surface area contributed by atoms with Gasteiger partial charge < -0.3 is 0 Å². The maximum atomic E-state index is 13.3. The average molecular weight is 270 g/mol. The number of nitrogens with zero attached hydrogens (tertiary/aromatic N) is 6. The van der Waals surface area contributed by atoms with Crippen LogP contribution in [0.5, 0.6) is 0 Å². The van der Waals surface area contributed by atoms with Crippen LogP contribution in [0.3, 0.4) is 0 Å². The first-order valence-electron chi connectivity index (χ1n) is 5.95. The van der Waals surface area contributed by atoms with E-state index in [9.17, 15) is 4.39 Å². The fourth-order valence-corrected chi connectivity index (χ4v) is 2.01. The van der Waals surface area contributed by atoms with E-state index in [0.717, 1.165) is 5.56 Å². The normalized spacial score (nSPS) is 10.8. The summed E-state index contributed by atoms with van der Waals surface area (Å²) in [6.07, 6.45) is 6.05. The van der Waals surface area contributed by atoms with Crippen LogP contribution in [-0.4, -0.2) is 31.4 Å². The van der Waals surface area contributed by atoms with E-state index in [4.69, 9.17) is 0 Å². The fraction of sp³-hybridized carbons (Fsp3) is 0.154. The lowest BCUT2D eigenvalue weighted by Gasteiger charge is -2.01.